The summed E-state index contributed by atoms with van der Waals surface area (Å²) in [5, 5.41) is 10.9. The van der Waals surface area contributed by atoms with Crippen LogP contribution in [0.3, 0.4) is 0 Å². The third-order valence-corrected chi connectivity index (χ3v) is 3.08. The van der Waals surface area contributed by atoms with Crippen molar-refractivity contribution in [2.75, 3.05) is 24.2 Å². The second-order valence-electron chi connectivity index (χ2n) is 4.15. The summed E-state index contributed by atoms with van der Waals surface area (Å²) >= 11 is 5.69. The molecular weight excluding hydrogens is 258 g/mol. The van der Waals surface area contributed by atoms with Crippen LogP contribution in [0.1, 0.15) is 12.8 Å². The maximum atomic E-state index is 10.8. The number of aliphatic carboxylic acids is 1. The lowest BCUT2D eigenvalue weighted by molar-refractivity contribution is -0.143. The topological polar surface area (TPSA) is 104 Å². The number of nitrogens with one attached hydrogen (secondary N) is 1. The minimum atomic E-state index is -0.737. The molecule has 0 saturated carbocycles. The zero-order valence-electron chi connectivity index (χ0n) is 9.64. The molecule has 1 aliphatic heterocycles. The Hall–Kier alpha value is -1.60. The van der Waals surface area contributed by atoms with Gasteiger partial charge in [-0.3, -0.25) is 4.79 Å². The van der Waals surface area contributed by atoms with Crippen molar-refractivity contribution in [3.63, 3.8) is 0 Å². The average Bonchev–Trinajstić information content (AvgIpc) is 2.34. The van der Waals surface area contributed by atoms with E-state index >= 15 is 0 Å². The lowest BCUT2D eigenvalue weighted by Gasteiger charge is -2.30. The highest BCUT2D eigenvalue weighted by molar-refractivity contribution is 6.28. The fraction of sp³-hybridized carbons (Fsp3) is 0.500. The van der Waals surface area contributed by atoms with Gasteiger partial charge < -0.3 is 16.3 Å². The number of anilines is 2. The number of carboxylic acid groups (broad SMARTS) is 1. The van der Waals surface area contributed by atoms with Gasteiger partial charge in [-0.15, -0.1) is 0 Å². The van der Waals surface area contributed by atoms with E-state index in [0.29, 0.717) is 37.4 Å². The molecule has 7 nitrogen and oxygen atoms in total. The van der Waals surface area contributed by atoms with Crippen LogP contribution in [0.25, 0.3) is 0 Å². The Morgan fingerprint density at radius 1 is 1.56 bits per heavy atom. The molecule has 1 aromatic rings. The number of aromatic nitrogens is 2. The number of carboxylic acids is 1. The van der Waals surface area contributed by atoms with Crippen LogP contribution in [0.15, 0.2) is 6.20 Å². The highest BCUT2D eigenvalue weighted by Gasteiger charge is 2.24. The Balaban J connectivity index is 1.95. The number of piperidine rings is 1. The van der Waals surface area contributed by atoms with Gasteiger partial charge in [-0.25, -0.2) is 9.99 Å². The van der Waals surface area contributed by atoms with Gasteiger partial charge >= 0.3 is 5.97 Å². The molecule has 0 atom stereocenters. The van der Waals surface area contributed by atoms with Crippen LogP contribution in [0.2, 0.25) is 5.28 Å². The van der Waals surface area contributed by atoms with Crippen LogP contribution in [0.4, 0.5) is 11.5 Å². The van der Waals surface area contributed by atoms with Crippen LogP contribution < -0.4 is 11.2 Å². The summed E-state index contributed by atoms with van der Waals surface area (Å²) in [4.78, 5) is 18.6. The maximum absolute atomic E-state index is 10.8. The molecule has 0 radical (unpaired) electrons. The number of hydrazine groups is 1. The summed E-state index contributed by atoms with van der Waals surface area (Å²) in [6.45, 7) is 1.25. The van der Waals surface area contributed by atoms with Gasteiger partial charge in [0.1, 0.15) is 0 Å². The van der Waals surface area contributed by atoms with Crippen LogP contribution in [0, 0.1) is 5.92 Å². The second kappa shape index (κ2) is 5.36. The van der Waals surface area contributed by atoms with Gasteiger partial charge in [-0.2, -0.15) is 4.98 Å². The Morgan fingerprint density at radius 3 is 2.83 bits per heavy atom. The predicted molar refractivity (Wildman–Crippen MR) is 67.0 cm³/mol. The molecule has 8 heteroatoms. The molecule has 1 aromatic heterocycles. The van der Waals surface area contributed by atoms with Crippen molar-refractivity contribution in [2.45, 2.75) is 12.8 Å². The molecule has 1 aliphatic rings. The number of hydrogen-bond donors (Lipinski definition) is 3. The first-order chi connectivity index (χ1) is 8.56. The monoisotopic (exact) mass is 271 g/mol. The van der Waals surface area contributed by atoms with Crippen LogP contribution in [0.5, 0.6) is 0 Å². The smallest absolute Gasteiger partial charge is 0.306 e. The molecule has 4 N–H and O–H groups in total. The van der Waals surface area contributed by atoms with Crippen LogP contribution in [-0.4, -0.2) is 39.1 Å². The van der Waals surface area contributed by atoms with Gasteiger partial charge in [0.25, 0.3) is 0 Å². The number of carbonyl (C=O) groups is 1. The standard InChI is InChI=1S/C10H14ClN5O2/c11-10-13-5-7(12)8(14-10)15-16-3-1-6(2-4-16)9(17)18/h5-6H,1-4,12H2,(H,17,18)(H,13,14,15). The van der Waals surface area contributed by atoms with E-state index in [1.165, 1.54) is 6.20 Å². The lowest BCUT2D eigenvalue weighted by Crippen LogP contribution is -2.40. The summed E-state index contributed by atoms with van der Waals surface area (Å²) in [7, 11) is 0. The third kappa shape index (κ3) is 2.99. The molecule has 1 fully saturated rings. The summed E-state index contributed by atoms with van der Waals surface area (Å²) in [5.41, 5.74) is 9.15. The fourth-order valence-corrected chi connectivity index (χ4v) is 1.98. The molecular formula is C10H14ClN5O2. The first-order valence-corrected chi connectivity index (χ1v) is 5.96. The Labute approximate surface area is 109 Å². The van der Waals surface area contributed by atoms with Gasteiger partial charge in [-0.1, -0.05) is 0 Å². The maximum Gasteiger partial charge on any atom is 0.306 e. The summed E-state index contributed by atoms with van der Waals surface area (Å²) in [6, 6.07) is 0. The number of rotatable bonds is 3. The first kappa shape index (κ1) is 12.8. The Bertz CT molecular complexity index is 448. The van der Waals surface area contributed by atoms with Gasteiger partial charge in [0.2, 0.25) is 5.28 Å². The summed E-state index contributed by atoms with van der Waals surface area (Å²) in [5.74, 6) is -0.558. The van der Waals surface area contributed by atoms with Crippen molar-refractivity contribution in [3.8, 4) is 0 Å². The van der Waals surface area contributed by atoms with Crippen molar-refractivity contribution in [1.29, 1.82) is 0 Å². The van der Waals surface area contributed by atoms with Crippen molar-refractivity contribution >= 4 is 29.1 Å². The van der Waals surface area contributed by atoms with E-state index in [1.54, 1.807) is 0 Å². The van der Waals surface area contributed by atoms with Gasteiger partial charge in [-0.05, 0) is 24.4 Å². The minimum Gasteiger partial charge on any atom is -0.481 e. The summed E-state index contributed by atoms with van der Waals surface area (Å²) in [6.07, 6.45) is 2.63. The molecule has 0 bridgehead atoms. The third-order valence-electron chi connectivity index (χ3n) is 2.90. The van der Waals surface area contributed by atoms with E-state index < -0.39 is 5.97 Å². The van der Waals surface area contributed by atoms with Crippen LogP contribution in [-0.2, 0) is 4.79 Å². The largest absolute Gasteiger partial charge is 0.481 e. The normalized spacial score (nSPS) is 17.6. The number of nitrogens with two attached hydrogens (primary N) is 1. The molecule has 2 rings (SSSR count). The molecule has 0 unspecified atom stereocenters. The molecule has 0 aromatic carbocycles. The lowest BCUT2D eigenvalue weighted by atomic mass is 9.98. The summed E-state index contributed by atoms with van der Waals surface area (Å²) < 4.78 is 0. The molecule has 18 heavy (non-hydrogen) atoms. The second-order valence-corrected chi connectivity index (χ2v) is 4.49. The van der Waals surface area contributed by atoms with Gasteiger partial charge in [0, 0.05) is 13.1 Å². The number of nitrogens with zero attached hydrogens (tertiary/aromatic N) is 3. The van der Waals surface area contributed by atoms with E-state index in [1.807, 2.05) is 5.01 Å². The molecule has 2 heterocycles. The van der Waals surface area contributed by atoms with Crippen molar-refractivity contribution in [2.24, 2.45) is 5.92 Å². The van der Waals surface area contributed by atoms with Crippen molar-refractivity contribution in [1.82, 2.24) is 15.0 Å². The fourth-order valence-electron chi connectivity index (χ4n) is 1.85. The van der Waals surface area contributed by atoms with Crippen molar-refractivity contribution in [3.05, 3.63) is 11.5 Å². The first-order valence-electron chi connectivity index (χ1n) is 5.58. The number of nitrogen functional groups attached to an aromatic ring is 1. The highest BCUT2D eigenvalue weighted by Crippen LogP contribution is 2.21. The minimum absolute atomic E-state index is 0.118. The average molecular weight is 272 g/mol. The molecule has 98 valence electrons. The van der Waals surface area contributed by atoms with Crippen molar-refractivity contribution < 1.29 is 9.90 Å². The predicted octanol–water partition coefficient (Wildman–Crippen LogP) is 0.836. The number of halogens is 1. The molecule has 0 aliphatic carbocycles. The zero-order chi connectivity index (χ0) is 13.1. The Kier molecular flexibility index (Phi) is 3.83. The Morgan fingerprint density at radius 2 is 2.22 bits per heavy atom. The van der Waals surface area contributed by atoms with Crippen LogP contribution >= 0.6 is 11.6 Å². The van der Waals surface area contributed by atoms with Gasteiger partial charge in [0.05, 0.1) is 17.8 Å². The van der Waals surface area contributed by atoms with E-state index in [2.05, 4.69) is 15.4 Å². The van der Waals surface area contributed by atoms with Gasteiger partial charge in [0.15, 0.2) is 5.82 Å². The molecule has 1 saturated heterocycles. The van der Waals surface area contributed by atoms with E-state index in [4.69, 9.17) is 22.4 Å². The highest BCUT2D eigenvalue weighted by atomic mass is 35.5. The zero-order valence-corrected chi connectivity index (χ0v) is 10.4. The van der Waals surface area contributed by atoms with E-state index in [9.17, 15) is 4.79 Å². The SMILES string of the molecule is Nc1cnc(Cl)nc1NN1CCC(C(=O)O)CC1. The van der Waals surface area contributed by atoms with E-state index in [-0.39, 0.29) is 11.2 Å². The quantitative estimate of drug-likeness (QED) is 0.700. The molecule has 0 spiro atoms. The van der Waals surface area contributed by atoms with E-state index in [0.717, 1.165) is 0 Å². The number of hydrogen-bond acceptors (Lipinski definition) is 6. The molecule has 0 amide bonds.